The van der Waals surface area contributed by atoms with Crippen molar-refractivity contribution in [3.05, 3.63) is 42.0 Å². The van der Waals surface area contributed by atoms with Gasteiger partial charge >= 0.3 is 0 Å². The molecule has 1 aromatic carbocycles. The summed E-state index contributed by atoms with van der Waals surface area (Å²) in [4.78, 5) is 3.09. The van der Waals surface area contributed by atoms with Crippen molar-refractivity contribution in [3.8, 4) is 0 Å². The van der Waals surface area contributed by atoms with Gasteiger partial charge < -0.3 is 0 Å². The summed E-state index contributed by atoms with van der Waals surface area (Å²) in [6, 6.07) is 7.93. The first-order chi connectivity index (χ1) is 7.49. The zero-order chi connectivity index (χ0) is 12.1. The maximum Gasteiger partial charge on any atom is 0.0498 e. The summed E-state index contributed by atoms with van der Waals surface area (Å²) in [6.07, 6.45) is 1.70. The summed E-state index contributed by atoms with van der Waals surface area (Å²) < 4.78 is 11.2. The first-order valence-electron chi connectivity index (χ1n) is 5.24. The smallest absolute Gasteiger partial charge is 0.0498 e. The highest BCUT2D eigenvalue weighted by atomic mass is 32.2. The van der Waals surface area contributed by atoms with Crippen molar-refractivity contribution in [2.75, 3.05) is 19.8 Å². The maximum absolute atomic E-state index is 11.2. The maximum atomic E-state index is 11.2. The molecular weight excluding hydrogens is 218 g/mol. The van der Waals surface area contributed by atoms with E-state index in [2.05, 4.69) is 18.5 Å². The molecule has 0 amide bonds. The van der Waals surface area contributed by atoms with E-state index in [9.17, 15) is 4.21 Å². The molecule has 16 heavy (non-hydrogen) atoms. The zero-order valence-electron chi connectivity index (χ0n) is 10.2. The molecular formula is C13H19NOS. The van der Waals surface area contributed by atoms with Gasteiger partial charge in [-0.3, -0.25) is 9.11 Å². The van der Waals surface area contributed by atoms with Crippen LogP contribution in [0.3, 0.4) is 0 Å². The standard InChI is InChI=1S/C13H19NOS/c1-11(2)9-14(3)10-12-5-7-13(8-6-12)16(4)15/h5-8H,1,9-10H2,2-4H3. The van der Waals surface area contributed by atoms with Crippen molar-refractivity contribution >= 4 is 10.8 Å². The number of hydrogen-bond donors (Lipinski definition) is 0. The van der Waals surface area contributed by atoms with Crippen LogP contribution in [0.1, 0.15) is 12.5 Å². The Morgan fingerprint density at radius 1 is 1.38 bits per heavy atom. The molecule has 2 nitrogen and oxygen atoms in total. The highest BCUT2D eigenvalue weighted by Gasteiger charge is 2.01. The fraction of sp³-hybridized carbons (Fsp3) is 0.385. The van der Waals surface area contributed by atoms with Crippen LogP contribution in [0.5, 0.6) is 0 Å². The van der Waals surface area contributed by atoms with E-state index in [4.69, 9.17) is 0 Å². The molecule has 0 aliphatic carbocycles. The summed E-state index contributed by atoms with van der Waals surface area (Å²) in [5.74, 6) is 0. The molecule has 88 valence electrons. The van der Waals surface area contributed by atoms with Crippen LogP contribution < -0.4 is 0 Å². The Morgan fingerprint density at radius 3 is 2.38 bits per heavy atom. The largest absolute Gasteiger partial charge is 0.298 e. The molecule has 0 radical (unpaired) electrons. The second-order valence-corrected chi connectivity index (χ2v) is 5.61. The van der Waals surface area contributed by atoms with E-state index >= 15 is 0 Å². The van der Waals surface area contributed by atoms with Gasteiger partial charge in [0.05, 0.1) is 0 Å². The van der Waals surface area contributed by atoms with Gasteiger partial charge in [0.1, 0.15) is 0 Å². The van der Waals surface area contributed by atoms with Crippen LogP contribution in [0.15, 0.2) is 41.3 Å². The first-order valence-corrected chi connectivity index (χ1v) is 6.80. The third-order valence-corrected chi connectivity index (χ3v) is 3.18. The van der Waals surface area contributed by atoms with Crippen LogP contribution in [-0.2, 0) is 17.3 Å². The van der Waals surface area contributed by atoms with Crippen LogP contribution in [0.2, 0.25) is 0 Å². The predicted molar refractivity (Wildman–Crippen MR) is 69.9 cm³/mol. The number of benzene rings is 1. The Bertz CT molecular complexity index is 383. The van der Waals surface area contributed by atoms with E-state index < -0.39 is 10.8 Å². The Kier molecular flexibility index (Phi) is 4.90. The van der Waals surface area contributed by atoms with Gasteiger partial charge in [0, 0.05) is 35.0 Å². The molecule has 0 saturated heterocycles. The molecule has 0 aliphatic heterocycles. The lowest BCUT2D eigenvalue weighted by molar-refractivity contribution is 0.355. The van der Waals surface area contributed by atoms with Gasteiger partial charge in [-0.2, -0.15) is 0 Å². The lowest BCUT2D eigenvalue weighted by atomic mass is 10.2. The number of rotatable bonds is 5. The fourth-order valence-corrected chi connectivity index (χ4v) is 2.13. The van der Waals surface area contributed by atoms with E-state index in [1.165, 1.54) is 5.56 Å². The molecule has 0 spiro atoms. The lowest BCUT2D eigenvalue weighted by Gasteiger charge is -2.16. The lowest BCUT2D eigenvalue weighted by Crippen LogP contribution is -2.19. The van der Waals surface area contributed by atoms with Crippen LogP contribution in [0, 0.1) is 0 Å². The van der Waals surface area contributed by atoms with Gasteiger partial charge in [-0.1, -0.05) is 24.3 Å². The molecule has 0 aliphatic rings. The molecule has 0 aromatic heterocycles. The minimum Gasteiger partial charge on any atom is -0.298 e. The highest BCUT2D eigenvalue weighted by molar-refractivity contribution is 7.84. The third-order valence-electron chi connectivity index (χ3n) is 2.25. The van der Waals surface area contributed by atoms with Gasteiger partial charge in [-0.25, -0.2) is 0 Å². The second-order valence-electron chi connectivity index (χ2n) is 4.23. The summed E-state index contributed by atoms with van der Waals surface area (Å²) in [7, 11) is 1.18. The van der Waals surface area contributed by atoms with E-state index in [0.717, 1.165) is 23.6 Å². The monoisotopic (exact) mass is 237 g/mol. The quantitative estimate of drug-likeness (QED) is 0.733. The topological polar surface area (TPSA) is 20.3 Å². The summed E-state index contributed by atoms with van der Waals surface area (Å²) in [5, 5.41) is 0. The highest BCUT2D eigenvalue weighted by Crippen LogP contribution is 2.09. The van der Waals surface area contributed by atoms with Crippen LogP contribution in [-0.4, -0.2) is 29.0 Å². The summed E-state index contributed by atoms with van der Waals surface area (Å²) >= 11 is 0. The molecule has 1 rings (SSSR count). The molecule has 3 heteroatoms. The number of nitrogens with zero attached hydrogens (tertiary/aromatic N) is 1. The van der Waals surface area contributed by atoms with Crippen molar-refractivity contribution in [2.45, 2.75) is 18.4 Å². The second kappa shape index (κ2) is 5.97. The van der Waals surface area contributed by atoms with E-state index in [1.54, 1.807) is 6.26 Å². The molecule has 1 aromatic rings. The van der Waals surface area contributed by atoms with Gasteiger partial charge in [0.25, 0.3) is 0 Å². The van der Waals surface area contributed by atoms with Crippen molar-refractivity contribution in [1.29, 1.82) is 0 Å². The van der Waals surface area contributed by atoms with Gasteiger partial charge in [0.2, 0.25) is 0 Å². The van der Waals surface area contributed by atoms with Crippen molar-refractivity contribution in [1.82, 2.24) is 4.90 Å². The fourth-order valence-electron chi connectivity index (χ4n) is 1.61. The van der Waals surface area contributed by atoms with Crippen molar-refractivity contribution in [3.63, 3.8) is 0 Å². The SMILES string of the molecule is C=C(C)CN(C)Cc1ccc(S(C)=O)cc1. The zero-order valence-corrected chi connectivity index (χ0v) is 11.0. The van der Waals surface area contributed by atoms with Crippen LogP contribution >= 0.6 is 0 Å². The number of likely N-dealkylation sites (N-methyl/N-ethyl adjacent to an activating group) is 1. The Labute approximate surface area is 100 Å². The Morgan fingerprint density at radius 2 is 1.94 bits per heavy atom. The van der Waals surface area contributed by atoms with Gasteiger partial charge in [0.15, 0.2) is 0 Å². The molecule has 0 bridgehead atoms. The van der Waals surface area contributed by atoms with Gasteiger partial charge in [-0.05, 0) is 31.7 Å². The van der Waals surface area contributed by atoms with E-state index in [-0.39, 0.29) is 0 Å². The average Bonchev–Trinajstić information content (AvgIpc) is 2.16. The normalized spacial score (nSPS) is 12.8. The minimum absolute atomic E-state index is 0.881. The third kappa shape index (κ3) is 4.29. The van der Waals surface area contributed by atoms with Gasteiger partial charge in [-0.15, -0.1) is 0 Å². The minimum atomic E-state index is -0.887. The molecule has 1 unspecified atom stereocenters. The summed E-state index contributed by atoms with van der Waals surface area (Å²) in [5.41, 5.74) is 2.40. The van der Waals surface area contributed by atoms with E-state index in [0.29, 0.717) is 0 Å². The number of hydrogen-bond acceptors (Lipinski definition) is 2. The van der Waals surface area contributed by atoms with Crippen LogP contribution in [0.25, 0.3) is 0 Å². The Balaban J connectivity index is 2.61. The van der Waals surface area contributed by atoms with Crippen molar-refractivity contribution in [2.24, 2.45) is 0 Å². The predicted octanol–water partition coefficient (Wildman–Crippen LogP) is 2.43. The molecule has 0 fully saturated rings. The molecule has 0 heterocycles. The summed E-state index contributed by atoms with van der Waals surface area (Å²) in [6.45, 7) is 7.72. The van der Waals surface area contributed by atoms with Crippen molar-refractivity contribution < 1.29 is 4.21 Å². The van der Waals surface area contributed by atoms with Crippen LogP contribution in [0.4, 0.5) is 0 Å². The molecule has 0 N–H and O–H groups in total. The Hall–Kier alpha value is -0.930. The van der Waals surface area contributed by atoms with E-state index in [1.807, 2.05) is 31.2 Å². The molecule has 0 saturated carbocycles. The molecule has 1 atom stereocenters. The first kappa shape index (κ1) is 13.1. The average molecular weight is 237 g/mol.